The van der Waals surface area contributed by atoms with Crippen LogP contribution in [0.4, 0.5) is 5.69 Å². The highest BCUT2D eigenvalue weighted by molar-refractivity contribution is 8.03. The molecule has 0 aliphatic carbocycles. The lowest BCUT2D eigenvalue weighted by atomic mass is 9.86. The number of methoxy groups -OCH3 is 2. The molecule has 9 heteroatoms. The van der Waals surface area contributed by atoms with Crippen LogP contribution in [0.2, 0.25) is 0 Å². The zero-order valence-corrected chi connectivity index (χ0v) is 19.5. The first-order valence-corrected chi connectivity index (χ1v) is 11.5. The second-order valence-electron chi connectivity index (χ2n) is 7.56. The molecule has 1 fully saturated rings. The summed E-state index contributed by atoms with van der Waals surface area (Å²) in [6.45, 7) is 2.56. The number of amides is 1. The van der Waals surface area contributed by atoms with E-state index in [1.165, 1.54) is 11.8 Å². The van der Waals surface area contributed by atoms with Crippen LogP contribution in [0.15, 0.2) is 47.0 Å². The van der Waals surface area contributed by atoms with Gasteiger partial charge in [-0.3, -0.25) is 9.69 Å². The zero-order valence-electron chi connectivity index (χ0n) is 18.7. The lowest BCUT2D eigenvalue weighted by Crippen LogP contribution is -2.47. The number of phenolic OH excluding ortho intramolecular Hbond substituents is 1. The summed E-state index contributed by atoms with van der Waals surface area (Å²) in [5.74, 6) is 1.82. The monoisotopic (exact) mass is 467 g/mol. The van der Waals surface area contributed by atoms with Crippen LogP contribution < -0.4 is 19.1 Å². The van der Waals surface area contributed by atoms with Crippen LogP contribution in [-0.2, 0) is 4.79 Å². The molecule has 0 spiro atoms. The average molecular weight is 468 g/mol. The van der Waals surface area contributed by atoms with Gasteiger partial charge in [0.05, 0.1) is 55.7 Å². The SMILES string of the molecule is CCOc1cc([C@@H]2CC(=O)N3CN(c4ccc(OC)cc4OC)CSC3=C2C#N)ccc1O. The van der Waals surface area contributed by atoms with E-state index in [4.69, 9.17) is 14.2 Å². The molecule has 0 saturated carbocycles. The number of ether oxygens (including phenoxy) is 3. The number of nitrogens with zero attached hydrogens (tertiary/aromatic N) is 3. The molecule has 2 aromatic carbocycles. The summed E-state index contributed by atoms with van der Waals surface area (Å²) in [5.41, 5.74) is 2.17. The molecule has 8 nitrogen and oxygen atoms in total. The van der Waals surface area contributed by atoms with Crippen LogP contribution >= 0.6 is 11.8 Å². The van der Waals surface area contributed by atoms with Crippen LogP contribution in [0.5, 0.6) is 23.0 Å². The van der Waals surface area contributed by atoms with Crippen molar-refractivity contribution in [2.75, 3.05) is 38.3 Å². The van der Waals surface area contributed by atoms with Gasteiger partial charge >= 0.3 is 0 Å². The Bertz CT molecular complexity index is 1140. The molecule has 2 aromatic rings. The third kappa shape index (κ3) is 4.26. The Labute approximate surface area is 196 Å². The van der Waals surface area contributed by atoms with Crippen LogP contribution in [0.25, 0.3) is 0 Å². The lowest BCUT2D eigenvalue weighted by Gasteiger charge is -2.42. The maximum absolute atomic E-state index is 13.2. The topological polar surface area (TPSA) is 95.3 Å². The fourth-order valence-electron chi connectivity index (χ4n) is 4.06. The van der Waals surface area contributed by atoms with Gasteiger partial charge in [-0.1, -0.05) is 17.8 Å². The molecule has 1 amide bonds. The predicted octanol–water partition coefficient (Wildman–Crippen LogP) is 4.03. The van der Waals surface area contributed by atoms with E-state index in [2.05, 4.69) is 6.07 Å². The van der Waals surface area contributed by atoms with Crippen molar-refractivity contribution in [3.8, 4) is 29.1 Å². The molecule has 0 bridgehead atoms. The summed E-state index contributed by atoms with van der Waals surface area (Å²) in [7, 11) is 3.19. The van der Waals surface area contributed by atoms with Crippen molar-refractivity contribution < 1.29 is 24.1 Å². The second kappa shape index (κ2) is 9.55. The van der Waals surface area contributed by atoms with E-state index in [9.17, 15) is 15.2 Å². The van der Waals surface area contributed by atoms with Gasteiger partial charge in [0.1, 0.15) is 11.5 Å². The van der Waals surface area contributed by atoms with Gasteiger partial charge in [-0.25, -0.2) is 0 Å². The van der Waals surface area contributed by atoms with Crippen molar-refractivity contribution in [2.45, 2.75) is 19.3 Å². The number of aromatic hydroxyl groups is 1. The minimum atomic E-state index is -0.386. The first-order chi connectivity index (χ1) is 16.0. The Hall–Kier alpha value is -3.51. The zero-order chi connectivity index (χ0) is 23.5. The average Bonchev–Trinajstić information content (AvgIpc) is 2.84. The molecule has 2 heterocycles. The van der Waals surface area contributed by atoms with E-state index < -0.39 is 0 Å². The Balaban J connectivity index is 1.66. The van der Waals surface area contributed by atoms with Crippen molar-refractivity contribution in [3.63, 3.8) is 0 Å². The lowest BCUT2D eigenvalue weighted by molar-refractivity contribution is -0.129. The quantitative estimate of drug-likeness (QED) is 0.681. The number of carbonyl (C=O) groups excluding carboxylic acids is 1. The van der Waals surface area contributed by atoms with E-state index in [0.717, 1.165) is 11.3 Å². The number of rotatable bonds is 6. The molecule has 2 aliphatic rings. The summed E-state index contributed by atoms with van der Waals surface area (Å²) < 4.78 is 16.3. The number of anilines is 1. The molecule has 1 atom stereocenters. The molecule has 0 aromatic heterocycles. The molecule has 0 unspecified atom stereocenters. The molecular formula is C24H25N3O5S. The number of thioether (sulfide) groups is 1. The normalized spacial score (nSPS) is 18.0. The summed E-state index contributed by atoms with van der Waals surface area (Å²) in [6.07, 6.45) is 0.164. The van der Waals surface area contributed by atoms with Crippen LogP contribution in [0.3, 0.4) is 0 Å². The second-order valence-corrected chi connectivity index (χ2v) is 8.50. The van der Waals surface area contributed by atoms with Crippen molar-refractivity contribution in [1.82, 2.24) is 4.90 Å². The number of hydrogen-bond acceptors (Lipinski definition) is 8. The molecule has 1 N–H and O–H groups in total. The maximum Gasteiger partial charge on any atom is 0.229 e. The fraction of sp³-hybridized carbons (Fsp3) is 0.333. The molecule has 172 valence electrons. The van der Waals surface area contributed by atoms with Crippen LogP contribution in [-0.4, -0.2) is 49.3 Å². The van der Waals surface area contributed by atoms with Gasteiger partial charge in [0.15, 0.2) is 11.5 Å². The summed E-state index contributed by atoms with van der Waals surface area (Å²) in [5, 5.41) is 20.7. The van der Waals surface area contributed by atoms with Crippen molar-refractivity contribution in [2.24, 2.45) is 0 Å². The Morgan fingerprint density at radius 1 is 1.18 bits per heavy atom. The highest BCUT2D eigenvalue weighted by Gasteiger charge is 2.39. The predicted molar refractivity (Wildman–Crippen MR) is 125 cm³/mol. The largest absolute Gasteiger partial charge is 0.504 e. The highest BCUT2D eigenvalue weighted by Crippen LogP contribution is 2.45. The fourth-order valence-corrected chi connectivity index (χ4v) is 5.22. The van der Waals surface area contributed by atoms with E-state index in [0.29, 0.717) is 47.0 Å². The number of fused-ring (bicyclic) bond motifs is 1. The number of allylic oxidation sites excluding steroid dienone is 1. The van der Waals surface area contributed by atoms with E-state index >= 15 is 0 Å². The van der Waals surface area contributed by atoms with Crippen molar-refractivity contribution in [3.05, 3.63) is 52.6 Å². The maximum atomic E-state index is 13.2. The van der Waals surface area contributed by atoms with Crippen molar-refractivity contribution >= 4 is 23.4 Å². The van der Waals surface area contributed by atoms with Gasteiger partial charge in [0.25, 0.3) is 0 Å². The summed E-state index contributed by atoms with van der Waals surface area (Å²) >= 11 is 1.45. The molecular weight excluding hydrogens is 442 g/mol. The number of hydrogen-bond donors (Lipinski definition) is 1. The standard InChI is InChI=1S/C24H25N3O5S/c1-4-32-22-9-15(5-8-20(22)28)17-11-23(29)27-13-26(14-33-24(27)18(17)12-25)19-7-6-16(30-2)10-21(19)31-3/h5-10,17,28H,4,11,13-14H2,1-3H3/t17-/m0/s1. The minimum Gasteiger partial charge on any atom is -0.504 e. The number of nitriles is 1. The number of phenols is 1. The first-order valence-electron chi connectivity index (χ1n) is 10.5. The van der Waals surface area contributed by atoms with Crippen LogP contribution in [0.1, 0.15) is 24.8 Å². The Kier molecular flexibility index (Phi) is 6.56. The Morgan fingerprint density at radius 2 is 2.00 bits per heavy atom. The van der Waals surface area contributed by atoms with Gasteiger partial charge in [0.2, 0.25) is 5.91 Å². The molecule has 0 radical (unpaired) electrons. The van der Waals surface area contributed by atoms with Crippen LogP contribution in [0, 0.1) is 11.3 Å². The van der Waals surface area contributed by atoms with Gasteiger partial charge in [0, 0.05) is 18.4 Å². The number of carbonyl (C=O) groups is 1. The van der Waals surface area contributed by atoms with Gasteiger partial charge in [-0.2, -0.15) is 5.26 Å². The number of benzene rings is 2. The van der Waals surface area contributed by atoms with Gasteiger partial charge in [-0.05, 0) is 36.8 Å². The third-order valence-electron chi connectivity index (χ3n) is 5.71. The van der Waals surface area contributed by atoms with E-state index in [1.807, 2.05) is 24.0 Å². The first kappa shape index (κ1) is 22.7. The van der Waals surface area contributed by atoms with Crippen molar-refractivity contribution in [1.29, 1.82) is 5.26 Å². The van der Waals surface area contributed by atoms with E-state index in [-0.39, 0.29) is 24.0 Å². The smallest absolute Gasteiger partial charge is 0.229 e. The van der Waals surface area contributed by atoms with E-state index in [1.54, 1.807) is 43.4 Å². The minimum absolute atomic E-state index is 0.0339. The van der Waals surface area contributed by atoms with Gasteiger partial charge < -0.3 is 24.2 Å². The molecule has 2 aliphatic heterocycles. The summed E-state index contributed by atoms with van der Waals surface area (Å²) in [6, 6.07) is 12.9. The highest BCUT2D eigenvalue weighted by atomic mass is 32.2. The Morgan fingerprint density at radius 3 is 2.70 bits per heavy atom. The summed E-state index contributed by atoms with van der Waals surface area (Å²) in [4.78, 5) is 16.9. The third-order valence-corrected chi connectivity index (χ3v) is 6.86. The molecule has 33 heavy (non-hydrogen) atoms. The van der Waals surface area contributed by atoms with Gasteiger partial charge in [-0.15, -0.1) is 0 Å². The molecule has 1 saturated heterocycles. The molecule has 4 rings (SSSR count).